The van der Waals surface area contributed by atoms with Crippen molar-refractivity contribution in [2.75, 3.05) is 0 Å². The molecule has 26 heavy (non-hydrogen) atoms. The molecule has 2 unspecified atom stereocenters. The summed E-state index contributed by atoms with van der Waals surface area (Å²) in [6.45, 7) is 7.96. The molecule has 0 saturated heterocycles. The van der Waals surface area contributed by atoms with Gasteiger partial charge >= 0.3 is 5.97 Å². The Bertz CT molecular complexity index is 804. The molecule has 2 aromatic rings. The van der Waals surface area contributed by atoms with E-state index in [4.69, 9.17) is 9.47 Å². The van der Waals surface area contributed by atoms with Crippen molar-refractivity contribution in [3.8, 4) is 11.5 Å². The number of aromatic hydroxyl groups is 1. The Morgan fingerprint density at radius 1 is 1.23 bits per heavy atom. The monoisotopic (exact) mass is 380 g/mol. The van der Waals surface area contributed by atoms with Crippen LogP contribution in [0.15, 0.2) is 12.1 Å². The topological polar surface area (TPSA) is 55.8 Å². The van der Waals surface area contributed by atoms with Gasteiger partial charge in [-0.2, -0.15) is 0 Å². The molecule has 1 aliphatic rings. The van der Waals surface area contributed by atoms with Crippen LogP contribution in [0.3, 0.4) is 0 Å². The molecule has 0 aliphatic heterocycles. The molecule has 1 saturated carbocycles. The fourth-order valence-electron chi connectivity index (χ4n) is 3.74. The average molecular weight is 380 g/mol. The van der Waals surface area contributed by atoms with Crippen LogP contribution in [-0.2, 0) is 4.74 Å². The molecule has 0 spiro atoms. The van der Waals surface area contributed by atoms with Crippen molar-refractivity contribution < 1.29 is 23.8 Å². The molecule has 142 valence electrons. The van der Waals surface area contributed by atoms with Crippen LogP contribution < -0.4 is 4.74 Å². The van der Waals surface area contributed by atoms with Crippen LogP contribution in [-0.4, -0.2) is 23.3 Å². The first kappa shape index (κ1) is 19.0. The first-order valence-electron chi connectivity index (χ1n) is 9.07. The van der Waals surface area contributed by atoms with E-state index < -0.39 is 17.5 Å². The Labute approximate surface area is 156 Å². The summed E-state index contributed by atoms with van der Waals surface area (Å²) < 4.78 is 25.9. The predicted octanol–water partition coefficient (Wildman–Crippen LogP) is 5.51. The van der Waals surface area contributed by atoms with E-state index in [2.05, 4.69) is 13.8 Å². The lowest BCUT2D eigenvalue weighted by atomic mass is 9.82. The molecule has 0 radical (unpaired) electrons. The van der Waals surface area contributed by atoms with Crippen LogP contribution in [0.2, 0.25) is 0 Å². The van der Waals surface area contributed by atoms with Crippen LogP contribution >= 0.6 is 11.3 Å². The second-order valence-corrected chi connectivity index (χ2v) is 8.72. The van der Waals surface area contributed by atoms with Gasteiger partial charge in [-0.1, -0.05) is 13.8 Å². The van der Waals surface area contributed by atoms with Gasteiger partial charge in [-0.3, -0.25) is 0 Å². The predicted molar refractivity (Wildman–Crippen MR) is 101 cm³/mol. The molecule has 1 fully saturated rings. The number of thiophene rings is 1. The fraction of sp³-hybridized carbons (Fsp3) is 0.550. The Morgan fingerprint density at radius 2 is 1.88 bits per heavy atom. The molecule has 2 atom stereocenters. The molecule has 1 aliphatic carbocycles. The number of carbonyl (C=O) groups is 1. The number of ether oxygens (including phenoxy) is 2. The zero-order valence-corrected chi connectivity index (χ0v) is 16.4. The second kappa shape index (κ2) is 7.43. The third-order valence-electron chi connectivity index (χ3n) is 4.66. The van der Waals surface area contributed by atoms with Gasteiger partial charge in [-0.25, -0.2) is 9.18 Å². The minimum Gasteiger partial charge on any atom is -0.505 e. The molecule has 6 heteroatoms. The number of halogens is 1. The number of phenolic OH excluding ortho intramolecular Hbond substituents is 1. The van der Waals surface area contributed by atoms with E-state index in [-0.39, 0.29) is 12.2 Å². The van der Waals surface area contributed by atoms with Gasteiger partial charge in [0, 0.05) is 10.1 Å². The normalized spacial score (nSPS) is 23.4. The number of benzene rings is 1. The SMILES string of the molecule is CC1CC(C)CC(Oc2c(C(=O)OC(C)C)sc3cc(F)c(O)cc23)C1. The van der Waals surface area contributed by atoms with E-state index in [0.29, 0.717) is 32.5 Å². The highest BCUT2D eigenvalue weighted by Gasteiger charge is 2.29. The molecule has 3 rings (SSSR count). The van der Waals surface area contributed by atoms with Gasteiger partial charge in [-0.05, 0) is 57.1 Å². The molecular weight excluding hydrogens is 355 g/mol. The maximum atomic E-state index is 13.8. The van der Waals surface area contributed by atoms with E-state index in [1.165, 1.54) is 18.6 Å². The van der Waals surface area contributed by atoms with Crippen molar-refractivity contribution in [1.29, 1.82) is 0 Å². The van der Waals surface area contributed by atoms with E-state index in [0.717, 1.165) is 24.2 Å². The largest absolute Gasteiger partial charge is 0.505 e. The maximum absolute atomic E-state index is 13.8. The highest BCUT2D eigenvalue weighted by Crippen LogP contribution is 2.43. The van der Waals surface area contributed by atoms with E-state index >= 15 is 0 Å². The summed E-state index contributed by atoms with van der Waals surface area (Å²) >= 11 is 1.14. The summed E-state index contributed by atoms with van der Waals surface area (Å²) in [7, 11) is 0. The molecular formula is C20H25FO4S. The van der Waals surface area contributed by atoms with Gasteiger partial charge in [0.2, 0.25) is 0 Å². The van der Waals surface area contributed by atoms with Crippen LogP contribution in [0.1, 0.15) is 56.6 Å². The Kier molecular flexibility index (Phi) is 5.42. The van der Waals surface area contributed by atoms with Crippen molar-refractivity contribution in [2.24, 2.45) is 11.8 Å². The number of fused-ring (bicyclic) bond motifs is 1. The van der Waals surface area contributed by atoms with Crippen LogP contribution in [0.5, 0.6) is 11.5 Å². The van der Waals surface area contributed by atoms with Crippen molar-refractivity contribution >= 4 is 27.4 Å². The highest BCUT2D eigenvalue weighted by molar-refractivity contribution is 7.21. The Morgan fingerprint density at radius 3 is 2.50 bits per heavy atom. The van der Waals surface area contributed by atoms with Crippen LogP contribution in [0.25, 0.3) is 10.1 Å². The molecule has 1 aromatic heterocycles. The van der Waals surface area contributed by atoms with Crippen LogP contribution in [0.4, 0.5) is 4.39 Å². The summed E-state index contributed by atoms with van der Waals surface area (Å²) in [6.07, 6.45) is 2.71. The Balaban J connectivity index is 2.02. The zero-order chi connectivity index (χ0) is 19.0. The highest BCUT2D eigenvalue weighted by atomic mass is 32.1. The van der Waals surface area contributed by atoms with Gasteiger partial charge < -0.3 is 14.6 Å². The van der Waals surface area contributed by atoms with Crippen molar-refractivity contribution in [1.82, 2.24) is 0 Å². The number of hydrogen-bond donors (Lipinski definition) is 1. The zero-order valence-electron chi connectivity index (χ0n) is 15.5. The van der Waals surface area contributed by atoms with Gasteiger partial charge in [-0.15, -0.1) is 11.3 Å². The van der Waals surface area contributed by atoms with Crippen molar-refractivity contribution in [3.63, 3.8) is 0 Å². The quantitative estimate of drug-likeness (QED) is 0.710. The summed E-state index contributed by atoms with van der Waals surface area (Å²) in [5.74, 6) is -0.148. The first-order valence-corrected chi connectivity index (χ1v) is 9.88. The molecule has 4 nitrogen and oxygen atoms in total. The lowest BCUT2D eigenvalue weighted by molar-refractivity contribution is 0.0373. The van der Waals surface area contributed by atoms with Gasteiger partial charge in [0.1, 0.15) is 0 Å². The summed E-state index contributed by atoms with van der Waals surface area (Å²) in [5.41, 5.74) is 0. The fourth-order valence-corrected chi connectivity index (χ4v) is 4.77. The summed E-state index contributed by atoms with van der Waals surface area (Å²) in [5, 5.41) is 10.3. The minimum atomic E-state index is -0.714. The molecule has 1 heterocycles. The van der Waals surface area contributed by atoms with Gasteiger partial charge in [0.05, 0.1) is 12.2 Å². The maximum Gasteiger partial charge on any atom is 0.352 e. The summed E-state index contributed by atoms with van der Waals surface area (Å²) in [6, 6.07) is 2.57. The number of phenols is 1. The molecule has 1 aromatic carbocycles. The third-order valence-corrected chi connectivity index (χ3v) is 5.77. The lowest BCUT2D eigenvalue weighted by Crippen LogP contribution is -2.29. The van der Waals surface area contributed by atoms with E-state index in [1.54, 1.807) is 13.8 Å². The number of rotatable bonds is 4. The summed E-state index contributed by atoms with van der Waals surface area (Å²) in [4.78, 5) is 12.9. The third kappa shape index (κ3) is 3.95. The van der Waals surface area contributed by atoms with Crippen molar-refractivity contribution in [2.45, 2.75) is 59.2 Å². The minimum absolute atomic E-state index is 0.00986. The van der Waals surface area contributed by atoms with Gasteiger partial charge in [0.25, 0.3) is 0 Å². The van der Waals surface area contributed by atoms with E-state index in [9.17, 15) is 14.3 Å². The lowest BCUT2D eigenvalue weighted by Gasteiger charge is -2.31. The number of carbonyl (C=O) groups excluding carboxylic acids is 1. The van der Waals surface area contributed by atoms with Gasteiger partial charge in [0.15, 0.2) is 22.2 Å². The molecule has 0 bridgehead atoms. The first-order chi connectivity index (χ1) is 12.2. The second-order valence-electron chi connectivity index (χ2n) is 7.67. The Hall–Kier alpha value is -1.82. The number of esters is 1. The molecule has 1 N–H and O–H groups in total. The van der Waals surface area contributed by atoms with Crippen molar-refractivity contribution in [3.05, 3.63) is 22.8 Å². The standard InChI is InChI=1S/C20H25FO4S/c1-10(2)24-20(23)19-18(25-13-6-11(3)5-12(4)7-13)14-8-16(22)15(21)9-17(14)26-19/h8-13,22H,5-7H2,1-4H3. The van der Waals surface area contributed by atoms with E-state index in [1.807, 2.05) is 0 Å². The van der Waals surface area contributed by atoms with Crippen LogP contribution in [0, 0.1) is 17.7 Å². The number of hydrogen-bond acceptors (Lipinski definition) is 5. The average Bonchev–Trinajstić information content (AvgIpc) is 2.84. The smallest absolute Gasteiger partial charge is 0.352 e. The molecule has 0 amide bonds.